The molecule has 6 heteroatoms. The standard InChI is InChI=1S/C23H30N4O.HI/c1-3-8-22(28)26-21-12-7-9-18(15-21)16-25-23(24-2)27-14-13-20(17-27)19-10-5-4-6-11-19;/h4-7,9-12,15,20H,3,8,13-14,16-17H2,1-2H3,(H,24,25)(H,26,28);1H. The molecule has 2 N–H and O–H groups in total. The number of carbonyl (C=O) groups is 1. The molecule has 1 fully saturated rings. The van der Waals surface area contributed by atoms with Crippen molar-refractivity contribution in [3.63, 3.8) is 0 Å². The number of hydrogen-bond donors (Lipinski definition) is 2. The fraction of sp³-hybridized carbons (Fsp3) is 0.391. The fourth-order valence-electron chi connectivity index (χ4n) is 3.67. The van der Waals surface area contributed by atoms with Gasteiger partial charge in [-0.05, 0) is 36.1 Å². The molecule has 0 aliphatic carbocycles. The summed E-state index contributed by atoms with van der Waals surface area (Å²) in [7, 11) is 1.83. The van der Waals surface area contributed by atoms with Crippen molar-refractivity contribution >= 4 is 41.5 Å². The molecular weight excluding hydrogens is 475 g/mol. The van der Waals surface area contributed by atoms with E-state index in [0.717, 1.165) is 43.1 Å². The maximum atomic E-state index is 11.8. The van der Waals surface area contributed by atoms with Crippen molar-refractivity contribution in [2.75, 3.05) is 25.5 Å². The lowest BCUT2D eigenvalue weighted by Gasteiger charge is -2.22. The first-order valence-corrected chi connectivity index (χ1v) is 10.1. The van der Waals surface area contributed by atoms with Gasteiger partial charge in [-0.25, -0.2) is 0 Å². The smallest absolute Gasteiger partial charge is 0.224 e. The molecule has 29 heavy (non-hydrogen) atoms. The first kappa shape index (κ1) is 23.2. The Kier molecular flexibility index (Phi) is 9.44. The third kappa shape index (κ3) is 6.73. The summed E-state index contributed by atoms with van der Waals surface area (Å²) >= 11 is 0. The lowest BCUT2D eigenvalue weighted by molar-refractivity contribution is -0.116. The number of aliphatic imine (C=N–C) groups is 1. The second-order valence-electron chi connectivity index (χ2n) is 7.24. The molecular formula is C23H31IN4O. The summed E-state index contributed by atoms with van der Waals surface area (Å²) in [4.78, 5) is 18.6. The lowest BCUT2D eigenvalue weighted by Crippen LogP contribution is -2.39. The Morgan fingerprint density at radius 1 is 1.17 bits per heavy atom. The summed E-state index contributed by atoms with van der Waals surface area (Å²) in [5.74, 6) is 1.54. The van der Waals surface area contributed by atoms with E-state index in [0.29, 0.717) is 18.9 Å². The maximum Gasteiger partial charge on any atom is 0.224 e. The first-order chi connectivity index (χ1) is 13.7. The number of benzene rings is 2. The number of nitrogens with one attached hydrogen (secondary N) is 2. The van der Waals surface area contributed by atoms with Crippen LogP contribution in [0, 0.1) is 0 Å². The van der Waals surface area contributed by atoms with Crippen LogP contribution in [-0.2, 0) is 11.3 Å². The van der Waals surface area contributed by atoms with Gasteiger partial charge in [0.15, 0.2) is 5.96 Å². The molecule has 0 bridgehead atoms. The molecule has 1 saturated heterocycles. The zero-order valence-corrected chi connectivity index (χ0v) is 19.6. The van der Waals surface area contributed by atoms with E-state index in [4.69, 9.17) is 0 Å². The Balaban J connectivity index is 0.00000300. The van der Waals surface area contributed by atoms with Crippen LogP contribution in [-0.4, -0.2) is 36.9 Å². The number of guanidine groups is 1. The van der Waals surface area contributed by atoms with Crippen LogP contribution in [0.3, 0.4) is 0 Å². The van der Waals surface area contributed by atoms with Crippen LogP contribution < -0.4 is 10.6 Å². The number of nitrogens with zero attached hydrogens (tertiary/aromatic N) is 2. The van der Waals surface area contributed by atoms with Gasteiger partial charge in [0, 0.05) is 44.7 Å². The number of hydrogen-bond acceptors (Lipinski definition) is 2. The van der Waals surface area contributed by atoms with E-state index in [1.54, 1.807) is 0 Å². The second-order valence-corrected chi connectivity index (χ2v) is 7.24. The Hall–Kier alpha value is -2.09. The van der Waals surface area contributed by atoms with E-state index < -0.39 is 0 Å². The van der Waals surface area contributed by atoms with Crippen molar-refractivity contribution in [2.24, 2.45) is 4.99 Å². The van der Waals surface area contributed by atoms with E-state index in [2.05, 4.69) is 56.9 Å². The summed E-state index contributed by atoms with van der Waals surface area (Å²) < 4.78 is 0. The molecule has 1 atom stereocenters. The summed E-state index contributed by atoms with van der Waals surface area (Å²) in [5.41, 5.74) is 3.36. The number of anilines is 1. The topological polar surface area (TPSA) is 56.7 Å². The zero-order chi connectivity index (χ0) is 19.8. The van der Waals surface area contributed by atoms with Crippen molar-refractivity contribution in [1.29, 1.82) is 0 Å². The van der Waals surface area contributed by atoms with Gasteiger partial charge in [0.2, 0.25) is 5.91 Å². The minimum atomic E-state index is 0. The normalized spacial score (nSPS) is 16.3. The molecule has 156 valence electrons. The van der Waals surface area contributed by atoms with Gasteiger partial charge in [0.05, 0.1) is 0 Å². The minimum Gasteiger partial charge on any atom is -0.352 e. The molecule has 1 aliphatic rings. The Morgan fingerprint density at radius 2 is 1.97 bits per heavy atom. The second kappa shape index (κ2) is 11.8. The Morgan fingerprint density at radius 3 is 2.69 bits per heavy atom. The number of amides is 1. The van der Waals surface area contributed by atoms with Crippen molar-refractivity contribution in [3.8, 4) is 0 Å². The van der Waals surface area contributed by atoms with Crippen LogP contribution in [0.15, 0.2) is 59.6 Å². The van der Waals surface area contributed by atoms with Gasteiger partial charge in [-0.1, -0.05) is 49.4 Å². The highest BCUT2D eigenvalue weighted by molar-refractivity contribution is 14.0. The molecule has 2 aromatic carbocycles. The van der Waals surface area contributed by atoms with Gasteiger partial charge in [-0.3, -0.25) is 9.79 Å². The largest absolute Gasteiger partial charge is 0.352 e. The molecule has 5 nitrogen and oxygen atoms in total. The monoisotopic (exact) mass is 506 g/mol. The average molecular weight is 506 g/mol. The van der Waals surface area contributed by atoms with Crippen molar-refractivity contribution in [2.45, 2.75) is 38.6 Å². The van der Waals surface area contributed by atoms with Gasteiger partial charge < -0.3 is 15.5 Å². The van der Waals surface area contributed by atoms with Gasteiger partial charge in [-0.2, -0.15) is 0 Å². The molecule has 1 unspecified atom stereocenters. The highest BCUT2D eigenvalue weighted by Crippen LogP contribution is 2.26. The number of rotatable bonds is 6. The van der Waals surface area contributed by atoms with Crippen LogP contribution in [0.1, 0.15) is 43.2 Å². The Bertz CT molecular complexity index is 810. The molecule has 1 heterocycles. The number of carbonyl (C=O) groups excluding carboxylic acids is 1. The molecule has 0 radical (unpaired) electrons. The molecule has 3 rings (SSSR count). The van der Waals surface area contributed by atoms with E-state index in [9.17, 15) is 4.79 Å². The number of halogens is 1. The van der Waals surface area contributed by atoms with Crippen LogP contribution >= 0.6 is 24.0 Å². The van der Waals surface area contributed by atoms with Crippen LogP contribution in [0.4, 0.5) is 5.69 Å². The van der Waals surface area contributed by atoms with E-state index >= 15 is 0 Å². The zero-order valence-electron chi connectivity index (χ0n) is 17.2. The van der Waals surface area contributed by atoms with Crippen LogP contribution in [0.5, 0.6) is 0 Å². The molecule has 0 aromatic heterocycles. The average Bonchev–Trinajstić information content (AvgIpc) is 3.20. The van der Waals surface area contributed by atoms with E-state index in [1.807, 2.05) is 32.2 Å². The Labute approximate surface area is 191 Å². The highest BCUT2D eigenvalue weighted by atomic mass is 127. The maximum absolute atomic E-state index is 11.8. The van der Waals surface area contributed by atoms with Gasteiger partial charge in [0.25, 0.3) is 0 Å². The van der Waals surface area contributed by atoms with Crippen molar-refractivity contribution in [3.05, 3.63) is 65.7 Å². The fourth-order valence-corrected chi connectivity index (χ4v) is 3.67. The highest BCUT2D eigenvalue weighted by Gasteiger charge is 2.25. The van der Waals surface area contributed by atoms with Crippen molar-refractivity contribution < 1.29 is 4.79 Å². The first-order valence-electron chi connectivity index (χ1n) is 10.1. The molecule has 1 aliphatic heterocycles. The molecule has 0 spiro atoms. The third-order valence-electron chi connectivity index (χ3n) is 5.11. The minimum absolute atomic E-state index is 0. The third-order valence-corrected chi connectivity index (χ3v) is 5.11. The SMILES string of the molecule is CCCC(=O)Nc1cccc(CNC(=NC)N2CCC(c3ccccc3)C2)c1.I. The lowest BCUT2D eigenvalue weighted by atomic mass is 9.99. The van der Waals surface area contributed by atoms with Crippen LogP contribution in [0.2, 0.25) is 0 Å². The summed E-state index contributed by atoms with van der Waals surface area (Å²) in [5, 5.41) is 6.43. The van der Waals surface area contributed by atoms with Gasteiger partial charge in [0.1, 0.15) is 0 Å². The summed E-state index contributed by atoms with van der Waals surface area (Å²) in [6.45, 7) is 4.67. The summed E-state index contributed by atoms with van der Waals surface area (Å²) in [6, 6.07) is 18.7. The van der Waals surface area contributed by atoms with Gasteiger partial charge in [-0.15, -0.1) is 24.0 Å². The predicted molar refractivity (Wildman–Crippen MR) is 131 cm³/mol. The van der Waals surface area contributed by atoms with E-state index in [1.165, 1.54) is 5.56 Å². The van der Waals surface area contributed by atoms with Gasteiger partial charge >= 0.3 is 0 Å². The van der Waals surface area contributed by atoms with E-state index in [-0.39, 0.29) is 29.9 Å². The molecule has 0 saturated carbocycles. The molecule has 1 amide bonds. The van der Waals surface area contributed by atoms with Crippen molar-refractivity contribution in [1.82, 2.24) is 10.2 Å². The van der Waals surface area contributed by atoms with Crippen LogP contribution in [0.25, 0.3) is 0 Å². The number of likely N-dealkylation sites (tertiary alicyclic amines) is 1. The predicted octanol–water partition coefficient (Wildman–Crippen LogP) is 4.61. The molecule has 2 aromatic rings. The quantitative estimate of drug-likeness (QED) is 0.342. The summed E-state index contributed by atoms with van der Waals surface area (Å²) in [6.07, 6.45) is 2.54.